The number of hydrogen-bond donors (Lipinski definition) is 2. The van der Waals surface area contributed by atoms with E-state index in [1.807, 2.05) is 12.4 Å². The summed E-state index contributed by atoms with van der Waals surface area (Å²) in [5, 5.41) is 3.82. The average molecular weight is 235 g/mol. The number of hydrogen-bond acceptors (Lipinski definition) is 2. The van der Waals surface area contributed by atoms with Crippen molar-refractivity contribution in [3.63, 3.8) is 0 Å². The van der Waals surface area contributed by atoms with E-state index in [0.717, 1.165) is 18.2 Å². The predicted octanol–water partition coefficient (Wildman–Crippen LogP) is 3.42. The Labute approximate surface area is 104 Å². The van der Waals surface area contributed by atoms with E-state index in [1.54, 1.807) is 0 Å². The first-order valence-corrected chi connectivity index (χ1v) is 7.10. The number of rotatable bonds is 5. The molecule has 1 aliphatic carbocycles. The molecule has 0 aliphatic heterocycles. The molecule has 17 heavy (non-hydrogen) atoms. The van der Waals surface area contributed by atoms with Crippen LogP contribution in [0, 0.1) is 5.92 Å². The summed E-state index contributed by atoms with van der Waals surface area (Å²) >= 11 is 0. The molecule has 3 nitrogen and oxygen atoms in total. The fourth-order valence-corrected chi connectivity index (χ4v) is 3.03. The van der Waals surface area contributed by atoms with Crippen LogP contribution in [0.15, 0.2) is 12.4 Å². The maximum atomic E-state index is 4.39. The minimum atomic E-state index is 0.391. The van der Waals surface area contributed by atoms with Crippen molar-refractivity contribution in [2.75, 3.05) is 0 Å². The van der Waals surface area contributed by atoms with Gasteiger partial charge in [-0.2, -0.15) is 0 Å². The van der Waals surface area contributed by atoms with E-state index in [9.17, 15) is 0 Å². The van der Waals surface area contributed by atoms with E-state index in [4.69, 9.17) is 0 Å². The summed E-state index contributed by atoms with van der Waals surface area (Å²) in [5.41, 5.74) is 0. The van der Waals surface area contributed by atoms with Gasteiger partial charge in [-0.15, -0.1) is 0 Å². The highest BCUT2D eigenvalue weighted by Crippen LogP contribution is 2.29. The lowest BCUT2D eigenvalue weighted by Gasteiger charge is -2.34. The molecule has 0 bridgehead atoms. The topological polar surface area (TPSA) is 40.7 Å². The highest BCUT2D eigenvalue weighted by molar-refractivity contribution is 4.97. The van der Waals surface area contributed by atoms with Gasteiger partial charge in [-0.05, 0) is 25.2 Å². The lowest BCUT2D eigenvalue weighted by Crippen LogP contribution is -2.40. The summed E-state index contributed by atoms with van der Waals surface area (Å²) in [4.78, 5) is 7.62. The third-order valence-corrected chi connectivity index (χ3v) is 4.11. The largest absolute Gasteiger partial charge is 0.347 e. The van der Waals surface area contributed by atoms with Gasteiger partial charge in [0.1, 0.15) is 5.82 Å². The minimum Gasteiger partial charge on any atom is -0.347 e. The molecular formula is C14H25N3. The Bertz CT molecular complexity index is 307. The smallest absolute Gasteiger partial charge is 0.123 e. The normalized spacial score (nSPS) is 26.9. The van der Waals surface area contributed by atoms with Crippen LogP contribution in [-0.4, -0.2) is 16.0 Å². The van der Waals surface area contributed by atoms with E-state index in [0.29, 0.717) is 12.1 Å². The zero-order valence-corrected chi connectivity index (χ0v) is 11.1. The van der Waals surface area contributed by atoms with Crippen LogP contribution in [-0.2, 0) is 0 Å². The molecule has 1 heterocycles. The van der Waals surface area contributed by atoms with Crippen molar-refractivity contribution in [3.8, 4) is 0 Å². The van der Waals surface area contributed by atoms with Gasteiger partial charge in [-0.1, -0.05) is 33.1 Å². The Morgan fingerprint density at radius 2 is 2.24 bits per heavy atom. The van der Waals surface area contributed by atoms with Crippen molar-refractivity contribution in [1.82, 2.24) is 15.3 Å². The number of imidazole rings is 1. The van der Waals surface area contributed by atoms with Gasteiger partial charge >= 0.3 is 0 Å². The molecule has 0 saturated heterocycles. The van der Waals surface area contributed by atoms with Gasteiger partial charge in [-0.25, -0.2) is 4.98 Å². The molecule has 1 aromatic rings. The molecule has 0 aromatic carbocycles. The van der Waals surface area contributed by atoms with Gasteiger partial charge in [0.25, 0.3) is 0 Å². The third kappa shape index (κ3) is 3.09. The van der Waals surface area contributed by atoms with Crippen molar-refractivity contribution in [3.05, 3.63) is 18.2 Å². The number of nitrogens with zero attached hydrogens (tertiary/aromatic N) is 1. The summed E-state index contributed by atoms with van der Waals surface area (Å²) in [6.45, 7) is 4.54. The summed E-state index contributed by atoms with van der Waals surface area (Å²) in [6, 6.07) is 1.07. The summed E-state index contributed by atoms with van der Waals surface area (Å²) in [7, 11) is 0. The van der Waals surface area contributed by atoms with Crippen LogP contribution >= 0.6 is 0 Å². The van der Waals surface area contributed by atoms with Gasteiger partial charge in [0, 0.05) is 18.4 Å². The average Bonchev–Trinajstić information content (AvgIpc) is 2.90. The van der Waals surface area contributed by atoms with Crippen LogP contribution in [0.3, 0.4) is 0 Å². The van der Waals surface area contributed by atoms with Crippen molar-refractivity contribution in [2.45, 2.75) is 64.5 Å². The first kappa shape index (κ1) is 12.6. The lowest BCUT2D eigenvalue weighted by molar-refractivity contribution is 0.232. The molecule has 0 spiro atoms. The molecule has 0 radical (unpaired) electrons. The second-order valence-corrected chi connectivity index (χ2v) is 5.16. The van der Waals surface area contributed by atoms with E-state index in [2.05, 4.69) is 29.1 Å². The quantitative estimate of drug-likeness (QED) is 0.821. The molecule has 2 N–H and O–H groups in total. The summed E-state index contributed by atoms with van der Waals surface area (Å²) in [6.07, 6.45) is 11.7. The van der Waals surface area contributed by atoms with Gasteiger partial charge in [0.15, 0.2) is 0 Å². The SMILES string of the molecule is CCC(NC1CCCCC1CC)c1ncc[nH]1. The Morgan fingerprint density at radius 1 is 1.41 bits per heavy atom. The third-order valence-electron chi connectivity index (χ3n) is 4.11. The lowest BCUT2D eigenvalue weighted by atomic mass is 9.82. The molecule has 1 fully saturated rings. The molecule has 3 heteroatoms. The monoisotopic (exact) mass is 235 g/mol. The molecular weight excluding hydrogens is 210 g/mol. The van der Waals surface area contributed by atoms with Gasteiger partial charge < -0.3 is 10.3 Å². The molecule has 96 valence electrons. The van der Waals surface area contributed by atoms with Crippen molar-refractivity contribution in [2.24, 2.45) is 5.92 Å². The number of H-pyrrole nitrogens is 1. The van der Waals surface area contributed by atoms with Crippen LogP contribution in [0.5, 0.6) is 0 Å². The van der Waals surface area contributed by atoms with Crippen LogP contribution in [0.4, 0.5) is 0 Å². The number of aromatic nitrogens is 2. The van der Waals surface area contributed by atoms with Crippen LogP contribution in [0.25, 0.3) is 0 Å². The Morgan fingerprint density at radius 3 is 2.88 bits per heavy atom. The van der Waals surface area contributed by atoms with E-state index in [1.165, 1.54) is 32.1 Å². The Kier molecular flexibility index (Phi) is 4.60. The first-order valence-electron chi connectivity index (χ1n) is 7.10. The van der Waals surface area contributed by atoms with Crippen LogP contribution < -0.4 is 5.32 Å². The maximum absolute atomic E-state index is 4.39. The van der Waals surface area contributed by atoms with Crippen LogP contribution in [0.2, 0.25) is 0 Å². The van der Waals surface area contributed by atoms with Crippen molar-refractivity contribution < 1.29 is 0 Å². The Hall–Kier alpha value is -0.830. The second kappa shape index (κ2) is 6.20. The molecule has 0 amide bonds. The van der Waals surface area contributed by atoms with E-state index in [-0.39, 0.29) is 0 Å². The van der Waals surface area contributed by atoms with Crippen molar-refractivity contribution in [1.29, 1.82) is 0 Å². The first-order chi connectivity index (χ1) is 8.35. The number of aromatic amines is 1. The zero-order valence-electron chi connectivity index (χ0n) is 11.1. The maximum Gasteiger partial charge on any atom is 0.123 e. The highest BCUT2D eigenvalue weighted by Gasteiger charge is 2.26. The second-order valence-electron chi connectivity index (χ2n) is 5.16. The van der Waals surface area contributed by atoms with Gasteiger partial charge in [0.05, 0.1) is 6.04 Å². The predicted molar refractivity (Wildman–Crippen MR) is 70.8 cm³/mol. The molecule has 1 aliphatic rings. The fourth-order valence-electron chi connectivity index (χ4n) is 3.03. The molecule has 3 atom stereocenters. The minimum absolute atomic E-state index is 0.391. The van der Waals surface area contributed by atoms with Crippen LogP contribution in [0.1, 0.15) is 64.2 Å². The molecule has 1 saturated carbocycles. The molecule has 3 unspecified atom stereocenters. The van der Waals surface area contributed by atoms with E-state index >= 15 is 0 Å². The molecule has 2 rings (SSSR count). The molecule has 1 aromatic heterocycles. The van der Waals surface area contributed by atoms with E-state index < -0.39 is 0 Å². The standard InChI is InChI=1S/C14H25N3/c1-3-11-7-5-6-8-13(11)17-12(4-2)14-15-9-10-16-14/h9-13,17H,3-8H2,1-2H3,(H,15,16). The highest BCUT2D eigenvalue weighted by atomic mass is 15.0. The van der Waals surface area contributed by atoms with Gasteiger partial charge in [0.2, 0.25) is 0 Å². The fraction of sp³-hybridized carbons (Fsp3) is 0.786. The summed E-state index contributed by atoms with van der Waals surface area (Å²) in [5.74, 6) is 1.95. The summed E-state index contributed by atoms with van der Waals surface area (Å²) < 4.78 is 0. The zero-order chi connectivity index (χ0) is 12.1. The van der Waals surface area contributed by atoms with Crippen molar-refractivity contribution >= 4 is 0 Å². The number of nitrogens with one attached hydrogen (secondary N) is 2. The Balaban J connectivity index is 1.97. The van der Waals surface area contributed by atoms with Gasteiger partial charge in [-0.3, -0.25) is 0 Å².